The number of benzene rings is 2. The van der Waals surface area contributed by atoms with Crippen LogP contribution in [0.3, 0.4) is 0 Å². The predicted octanol–water partition coefficient (Wildman–Crippen LogP) is 2.28. The van der Waals surface area contributed by atoms with E-state index in [1.165, 1.54) is 44.1 Å². The number of rotatable bonds is 6. The lowest BCUT2D eigenvalue weighted by molar-refractivity contribution is 0.0600. The SMILES string of the molecule is COC(=O)c1ccc2c(c1)oc(=O)n2CC(=O)c1ccc(OC)cc1OC. The second-order valence-corrected chi connectivity index (χ2v) is 5.62. The van der Waals surface area contributed by atoms with Crippen molar-refractivity contribution in [3.63, 3.8) is 0 Å². The maximum atomic E-state index is 12.7. The molecule has 0 aliphatic rings. The van der Waals surface area contributed by atoms with Crippen molar-refractivity contribution < 1.29 is 28.2 Å². The molecule has 1 aromatic heterocycles. The minimum atomic E-state index is -0.701. The van der Waals surface area contributed by atoms with Gasteiger partial charge in [-0.1, -0.05) is 0 Å². The van der Waals surface area contributed by atoms with Crippen LogP contribution in [0.25, 0.3) is 11.1 Å². The molecule has 0 bridgehead atoms. The van der Waals surface area contributed by atoms with E-state index in [1.807, 2.05) is 0 Å². The summed E-state index contributed by atoms with van der Waals surface area (Å²) in [6.07, 6.45) is 0. The van der Waals surface area contributed by atoms with Crippen LogP contribution in [0.2, 0.25) is 0 Å². The van der Waals surface area contributed by atoms with Crippen molar-refractivity contribution in [3.05, 3.63) is 58.1 Å². The zero-order chi connectivity index (χ0) is 19.6. The van der Waals surface area contributed by atoms with Crippen molar-refractivity contribution >= 4 is 22.9 Å². The largest absolute Gasteiger partial charge is 0.497 e. The van der Waals surface area contributed by atoms with E-state index in [0.717, 1.165) is 0 Å². The molecule has 0 amide bonds. The summed E-state index contributed by atoms with van der Waals surface area (Å²) in [6.45, 7) is -0.244. The average molecular weight is 371 g/mol. The van der Waals surface area contributed by atoms with Crippen molar-refractivity contribution in [3.8, 4) is 11.5 Å². The molecule has 0 spiro atoms. The predicted molar refractivity (Wildman–Crippen MR) is 95.7 cm³/mol. The smallest absolute Gasteiger partial charge is 0.420 e. The number of oxazole rings is 1. The van der Waals surface area contributed by atoms with Gasteiger partial charge in [0.1, 0.15) is 11.5 Å². The fraction of sp³-hybridized carbons (Fsp3) is 0.211. The first kappa shape index (κ1) is 18.2. The lowest BCUT2D eigenvalue weighted by Gasteiger charge is -2.10. The zero-order valence-corrected chi connectivity index (χ0v) is 15.0. The highest BCUT2D eigenvalue weighted by atomic mass is 16.5. The van der Waals surface area contributed by atoms with Crippen molar-refractivity contribution in [2.24, 2.45) is 0 Å². The molecule has 3 aromatic rings. The van der Waals surface area contributed by atoms with Crippen LogP contribution in [0.5, 0.6) is 11.5 Å². The third-order valence-electron chi connectivity index (χ3n) is 4.10. The summed E-state index contributed by atoms with van der Waals surface area (Å²) in [7, 11) is 4.21. The molecular formula is C19H17NO7. The molecule has 0 radical (unpaired) electrons. The highest BCUT2D eigenvalue weighted by molar-refractivity contribution is 5.99. The van der Waals surface area contributed by atoms with Gasteiger partial charge in [-0.3, -0.25) is 9.36 Å². The number of ether oxygens (including phenoxy) is 3. The van der Waals surface area contributed by atoms with Gasteiger partial charge < -0.3 is 18.6 Å². The molecule has 0 N–H and O–H groups in total. The number of hydrogen-bond donors (Lipinski definition) is 0. The number of methoxy groups -OCH3 is 3. The van der Waals surface area contributed by atoms with E-state index in [0.29, 0.717) is 22.6 Å². The minimum Gasteiger partial charge on any atom is -0.497 e. The minimum absolute atomic E-state index is 0.192. The topological polar surface area (TPSA) is 97.0 Å². The van der Waals surface area contributed by atoms with Crippen molar-refractivity contribution in [1.82, 2.24) is 4.57 Å². The summed E-state index contributed by atoms with van der Waals surface area (Å²) in [5.41, 5.74) is 1.14. The van der Waals surface area contributed by atoms with Gasteiger partial charge in [-0.2, -0.15) is 0 Å². The summed E-state index contributed by atoms with van der Waals surface area (Å²) in [5.74, 6) is -0.701. The van der Waals surface area contributed by atoms with Gasteiger partial charge in [-0.05, 0) is 30.3 Å². The molecule has 140 valence electrons. The van der Waals surface area contributed by atoms with Gasteiger partial charge in [0.15, 0.2) is 11.4 Å². The molecule has 2 aromatic carbocycles. The van der Waals surface area contributed by atoms with Crippen molar-refractivity contribution in [2.75, 3.05) is 21.3 Å². The van der Waals surface area contributed by atoms with Crippen LogP contribution in [0, 0.1) is 0 Å². The number of Topliss-reactive ketones (excluding diaryl/α,β-unsaturated/α-hetero) is 1. The Bertz CT molecular complexity index is 1080. The molecule has 8 heteroatoms. The molecule has 3 rings (SSSR count). The highest BCUT2D eigenvalue weighted by Crippen LogP contribution is 2.25. The summed E-state index contributed by atoms with van der Waals surface area (Å²) in [6, 6.07) is 9.23. The first-order valence-electron chi connectivity index (χ1n) is 7.95. The molecule has 0 aliphatic heterocycles. The number of aromatic nitrogens is 1. The van der Waals surface area contributed by atoms with E-state index in [4.69, 9.17) is 13.9 Å². The van der Waals surface area contributed by atoms with Gasteiger partial charge in [-0.25, -0.2) is 9.59 Å². The Morgan fingerprint density at radius 1 is 1.04 bits per heavy atom. The zero-order valence-electron chi connectivity index (χ0n) is 15.0. The lowest BCUT2D eigenvalue weighted by Crippen LogP contribution is -2.20. The maximum Gasteiger partial charge on any atom is 0.420 e. The van der Waals surface area contributed by atoms with Gasteiger partial charge in [-0.15, -0.1) is 0 Å². The number of esters is 1. The van der Waals surface area contributed by atoms with Crippen molar-refractivity contribution in [2.45, 2.75) is 6.54 Å². The summed E-state index contributed by atoms with van der Waals surface area (Å²) >= 11 is 0. The van der Waals surface area contributed by atoms with Crippen LogP contribution in [-0.2, 0) is 11.3 Å². The molecule has 1 heterocycles. The van der Waals surface area contributed by atoms with Crippen LogP contribution in [0.15, 0.2) is 45.6 Å². The molecule has 0 fully saturated rings. The molecule has 0 saturated heterocycles. The van der Waals surface area contributed by atoms with E-state index in [1.54, 1.807) is 18.2 Å². The molecular weight excluding hydrogens is 354 g/mol. The Morgan fingerprint density at radius 3 is 2.48 bits per heavy atom. The van der Waals surface area contributed by atoms with E-state index < -0.39 is 11.7 Å². The van der Waals surface area contributed by atoms with Gasteiger partial charge in [0.2, 0.25) is 0 Å². The Kier molecular flexibility index (Phi) is 4.98. The quantitative estimate of drug-likeness (QED) is 0.484. The van der Waals surface area contributed by atoms with Crippen LogP contribution in [0.1, 0.15) is 20.7 Å². The van der Waals surface area contributed by atoms with Crippen LogP contribution in [-0.4, -0.2) is 37.6 Å². The third-order valence-corrected chi connectivity index (χ3v) is 4.10. The van der Waals surface area contributed by atoms with Gasteiger partial charge >= 0.3 is 11.7 Å². The molecule has 27 heavy (non-hydrogen) atoms. The Hall–Kier alpha value is -3.55. The Labute approximate surface area is 153 Å². The fourth-order valence-electron chi connectivity index (χ4n) is 2.72. The summed E-state index contributed by atoms with van der Waals surface area (Å²) in [5, 5.41) is 0. The first-order chi connectivity index (χ1) is 13.0. The van der Waals surface area contributed by atoms with Crippen LogP contribution < -0.4 is 15.2 Å². The maximum absolute atomic E-state index is 12.7. The monoisotopic (exact) mass is 371 g/mol. The average Bonchev–Trinajstić information content (AvgIpc) is 3.00. The van der Waals surface area contributed by atoms with Crippen molar-refractivity contribution in [1.29, 1.82) is 0 Å². The number of hydrogen-bond acceptors (Lipinski definition) is 7. The number of nitrogens with zero attached hydrogens (tertiary/aromatic N) is 1. The van der Waals surface area contributed by atoms with Gasteiger partial charge in [0, 0.05) is 6.07 Å². The normalized spacial score (nSPS) is 10.6. The highest BCUT2D eigenvalue weighted by Gasteiger charge is 2.19. The standard InChI is InChI=1S/C19H17NO7/c1-24-12-5-6-13(16(9-12)25-2)15(21)10-20-14-7-4-11(18(22)26-3)8-17(14)27-19(20)23/h4-9H,10H2,1-3H3. The van der Waals surface area contributed by atoms with Gasteiger partial charge in [0.25, 0.3) is 0 Å². The number of fused-ring (bicyclic) bond motifs is 1. The van der Waals surface area contributed by atoms with Crippen LogP contribution >= 0.6 is 0 Å². The second-order valence-electron chi connectivity index (χ2n) is 5.62. The molecule has 0 saturated carbocycles. The van der Waals surface area contributed by atoms with Crippen LogP contribution in [0.4, 0.5) is 0 Å². The second kappa shape index (κ2) is 7.36. The van der Waals surface area contributed by atoms with E-state index >= 15 is 0 Å². The number of ketones is 1. The molecule has 0 aliphatic carbocycles. The van der Waals surface area contributed by atoms with Gasteiger partial charge in [0.05, 0.1) is 44.5 Å². The molecule has 0 atom stereocenters. The fourth-order valence-corrected chi connectivity index (χ4v) is 2.72. The first-order valence-corrected chi connectivity index (χ1v) is 7.95. The Balaban J connectivity index is 1.97. The summed E-state index contributed by atoms with van der Waals surface area (Å²) < 4.78 is 21.4. The summed E-state index contributed by atoms with van der Waals surface area (Å²) in [4.78, 5) is 36.5. The number of carbonyl (C=O) groups is 2. The third kappa shape index (κ3) is 3.41. The van der Waals surface area contributed by atoms with E-state index in [-0.39, 0.29) is 23.5 Å². The van der Waals surface area contributed by atoms with E-state index in [9.17, 15) is 14.4 Å². The molecule has 8 nitrogen and oxygen atoms in total. The molecule has 0 unspecified atom stereocenters. The van der Waals surface area contributed by atoms with E-state index in [2.05, 4.69) is 4.74 Å². The Morgan fingerprint density at radius 2 is 1.81 bits per heavy atom. The lowest BCUT2D eigenvalue weighted by atomic mass is 10.1. The number of carbonyl (C=O) groups excluding carboxylic acids is 2.